The van der Waals surface area contributed by atoms with Crippen LogP contribution in [-0.4, -0.2) is 249 Å². The van der Waals surface area contributed by atoms with Gasteiger partial charge in [-0.05, 0) is 331 Å². The molecule has 6 radical (unpaired) electrons. The van der Waals surface area contributed by atoms with Gasteiger partial charge >= 0.3 is 35.8 Å². The molecule has 0 aliphatic carbocycles. The fourth-order valence-corrected chi connectivity index (χ4v) is 23.5. The Labute approximate surface area is 824 Å². The van der Waals surface area contributed by atoms with E-state index in [0.717, 1.165) is 47.1 Å². The summed E-state index contributed by atoms with van der Waals surface area (Å²) in [5, 5.41) is 86.8. The van der Waals surface area contributed by atoms with Gasteiger partial charge in [-0.2, -0.15) is 0 Å². The summed E-state index contributed by atoms with van der Waals surface area (Å²) in [7, 11) is 0. The van der Waals surface area contributed by atoms with E-state index in [1.54, 1.807) is 0 Å². The number of rotatable bonds is 56. The Hall–Kier alpha value is -4.68. The Bertz CT molecular complexity index is 3630. The van der Waals surface area contributed by atoms with E-state index in [9.17, 15) is 31.2 Å². The zero-order chi connectivity index (χ0) is 102. The molecule has 0 aromatic heterocycles. The summed E-state index contributed by atoms with van der Waals surface area (Å²) >= 11 is 0. The second-order valence-corrected chi connectivity index (χ2v) is 48.7. The van der Waals surface area contributed by atoms with E-state index in [2.05, 4.69) is 0 Å². The van der Waals surface area contributed by atoms with Gasteiger partial charge in [0.1, 0.15) is 0 Å². The summed E-state index contributed by atoms with van der Waals surface area (Å²) in [5.41, 5.74) is -11.1. The predicted octanol–water partition coefficient (Wildman–Crippen LogP) is 19.7. The first kappa shape index (κ1) is 119. The minimum absolute atomic E-state index is 0.00522. The third-order valence-electron chi connectivity index (χ3n) is 30.0. The van der Waals surface area contributed by atoms with Crippen LogP contribution in [0.2, 0.25) is 0 Å². The molecule has 0 N–H and O–H groups in total. The van der Waals surface area contributed by atoms with Crippen LogP contribution < -0.4 is 0 Å². The summed E-state index contributed by atoms with van der Waals surface area (Å²) in [6, 6.07) is 6.02. The highest BCUT2D eigenvalue weighted by molar-refractivity contribution is 6.01. The molecule has 0 saturated carbocycles. The third-order valence-corrected chi connectivity index (χ3v) is 30.0. The molecule has 30 nitrogen and oxygen atoms in total. The predicted molar refractivity (Wildman–Crippen MR) is 518 cm³/mol. The number of ether oxygens (including phenoxy) is 12. The normalized spacial score (nSPS) is 22.4. The van der Waals surface area contributed by atoms with Crippen molar-refractivity contribution in [3.8, 4) is 0 Å². The summed E-state index contributed by atoms with van der Waals surface area (Å²) in [6.45, 7) is 52.8. The van der Waals surface area contributed by atoms with Crippen molar-refractivity contribution in [2.75, 3.05) is 79.3 Å². The van der Waals surface area contributed by atoms with E-state index in [1.165, 1.54) is 0 Å². The Kier molecular flexibility index (Phi) is 43.9. The SMILES string of the molecule is CCCCC(CCCc1ccc(CCCC(CCCC)(C(=O)OCCCOC2CC(C)(C)N([O])C(C)(C)C2)C(=O)OCCCOC2CC(C)(C)N([O])C(C)(C)C2)c(CCC(CCCC)(C(=O)OCCCOC2CC(C)(C)N([O])C(C)(C)C2)C(=O)OCCCOC2CC(C)(C)N([O])C(C)(C)C2)c1)(C(=O)OCCCOC1CC(C)(C)N([O])C(C)(C)C1)C(=O)OCCCOC1CC(C)(C)N([O])C(C)(C)C1. The van der Waals surface area contributed by atoms with Crippen molar-refractivity contribution in [3.05, 3.63) is 34.9 Å². The molecule has 6 heterocycles. The lowest BCUT2D eigenvalue weighted by molar-refractivity contribution is -0.301. The second kappa shape index (κ2) is 50.4. The number of esters is 6. The Morgan fingerprint density at radius 1 is 0.241 bits per heavy atom. The number of nitrogens with zero attached hydrogens (tertiary/aromatic N) is 6. The molecule has 6 aliphatic rings. The number of carbonyl (C=O) groups excluding carboxylic acids is 6. The minimum Gasteiger partial charge on any atom is -0.465 e. The first-order valence-electron chi connectivity index (χ1n) is 52.3. The van der Waals surface area contributed by atoms with Crippen molar-refractivity contribution in [2.24, 2.45) is 16.2 Å². The second-order valence-electron chi connectivity index (χ2n) is 48.7. The molecule has 1 aromatic rings. The maximum atomic E-state index is 15.6. The number of piperidine rings is 6. The molecule has 0 amide bonds. The van der Waals surface area contributed by atoms with Gasteiger partial charge < -0.3 is 56.8 Å². The molecule has 6 saturated heterocycles. The quantitative estimate of drug-likeness (QED) is 0.0253. The molecule has 6 aliphatic heterocycles. The lowest BCUT2D eigenvalue weighted by Crippen LogP contribution is -2.59. The van der Waals surface area contributed by atoms with Crippen molar-refractivity contribution in [1.29, 1.82) is 0 Å². The van der Waals surface area contributed by atoms with Crippen LogP contribution in [0.5, 0.6) is 0 Å². The van der Waals surface area contributed by atoms with E-state index in [4.69, 9.17) is 56.8 Å². The van der Waals surface area contributed by atoms with Crippen molar-refractivity contribution in [3.63, 3.8) is 0 Å². The highest BCUT2D eigenvalue weighted by atomic mass is 16.6. The molecule has 0 unspecified atom stereocenters. The smallest absolute Gasteiger partial charge is 0.323 e. The standard InChI is InChI=1S/C107H184N6O24/c1-28-31-47-105(87(114)132-59-36-53-126-81-66-93(4,5)108(120)94(6,7)67-81,88(115)133-60-37-54-127-82-68-95(8,9)109(121)96(10,11)69-82)50-34-42-78-44-45-79(43-35-51-106(48-32-29-2,89(116)134-61-38-55-128-83-70-97(12,13)110(122)98(14,15)71-83)90(117)135-62-39-56-129-84-72-99(16,17)111(123)100(18,19)73-84)80(65-78)46-52-107(49-33-30-3,91(118)136-63-40-57-130-85-74-101(20,21)112(124)102(22,23)75-85)92(119)137-64-41-58-131-86-76-103(24,25)113(125)104(26,27)77-86/h44-45,65,81-86H,28-43,46-64,66-77H2,1-27H3. The zero-order valence-corrected chi connectivity index (χ0v) is 89.9. The molecule has 137 heavy (non-hydrogen) atoms. The van der Waals surface area contributed by atoms with Gasteiger partial charge in [-0.3, -0.25) is 28.8 Å². The molecule has 0 spiro atoms. The number of benzene rings is 1. The fourth-order valence-electron chi connectivity index (χ4n) is 23.5. The maximum absolute atomic E-state index is 15.6. The van der Waals surface area contributed by atoms with Crippen molar-refractivity contribution >= 4 is 35.8 Å². The van der Waals surface area contributed by atoms with E-state index in [-0.39, 0.29) is 180 Å². The lowest BCUT2D eigenvalue weighted by atomic mass is 9.76. The first-order chi connectivity index (χ1) is 63.6. The van der Waals surface area contributed by atoms with Crippen LogP contribution in [0.25, 0.3) is 0 Å². The topological polar surface area (TPSA) is 352 Å². The molecule has 1 aromatic carbocycles. The Morgan fingerprint density at radius 3 is 0.620 bits per heavy atom. The minimum atomic E-state index is -1.86. The van der Waals surface area contributed by atoms with Gasteiger partial charge in [0, 0.05) is 105 Å². The van der Waals surface area contributed by atoms with Gasteiger partial charge in [0.05, 0.1) is 116 Å². The van der Waals surface area contributed by atoms with E-state index >= 15 is 28.8 Å². The van der Waals surface area contributed by atoms with Gasteiger partial charge in [0.15, 0.2) is 16.2 Å². The van der Waals surface area contributed by atoms with Crippen LogP contribution in [0.3, 0.4) is 0 Å². The van der Waals surface area contributed by atoms with Crippen LogP contribution >= 0.6 is 0 Å². The van der Waals surface area contributed by atoms with E-state index in [1.807, 2.05) is 205 Å². The van der Waals surface area contributed by atoms with Gasteiger partial charge in [-0.15, -0.1) is 61.6 Å². The molecule has 0 bridgehead atoms. The van der Waals surface area contributed by atoms with Crippen molar-refractivity contribution in [2.45, 2.75) is 515 Å². The van der Waals surface area contributed by atoms with Crippen LogP contribution in [0.4, 0.5) is 0 Å². The largest absolute Gasteiger partial charge is 0.465 e. The Morgan fingerprint density at radius 2 is 0.423 bits per heavy atom. The number of hydroxylamine groups is 12. The van der Waals surface area contributed by atoms with Gasteiger partial charge in [-0.25, -0.2) is 0 Å². The lowest BCUT2D eigenvalue weighted by Gasteiger charge is -2.49. The third kappa shape index (κ3) is 32.7. The van der Waals surface area contributed by atoms with Crippen molar-refractivity contribution in [1.82, 2.24) is 30.4 Å². The average Bonchev–Trinajstić information content (AvgIpc) is 0.773. The molecular formula is C107H184N6O24. The van der Waals surface area contributed by atoms with Crippen LogP contribution in [0.1, 0.15) is 409 Å². The molecule has 7 rings (SSSR count). The summed E-state index contributed by atoms with van der Waals surface area (Å²) in [6.07, 6.45) is 11.5. The molecule has 786 valence electrons. The Balaban J connectivity index is 1.25. The zero-order valence-electron chi connectivity index (χ0n) is 89.9. The number of unbranched alkanes of at least 4 members (excludes halogenated alkanes) is 3. The van der Waals surface area contributed by atoms with E-state index < -0.39 is 119 Å². The number of hydrogen-bond acceptors (Lipinski definition) is 24. The van der Waals surface area contributed by atoms with Gasteiger partial charge in [-0.1, -0.05) is 77.5 Å². The number of carbonyl (C=O) groups is 6. The van der Waals surface area contributed by atoms with Gasteiger partial charge in [0.2, 0.25) is 0 Å². The maximum Gasteiger partial charge on any atom is 0.323 e. The summed E-state index contributed by atoms with van der Waals surface area (Å²) in [4.78, 5) is 92.6. The van der Waals surface area contributed by atoms with Gasteiger partial charge in [0.25, 0.3) is 0 Å². The summed E-state index contributed by atoms with van der Waals surface area (Å²) < 4.78 is 76.0. The number of aryl methyl sites for hydroxylation is 3. The molecule has 0 atom stereocenters. The monoisotopic (exact) mass is 1940 g/mol. The molecule has 6 fully saturated rings. The fraction of sp³-hybridized carbons (Fsp3) is 0.888. The molecular weight excluding hydrogens is 1750 g/mol. The first-order valence-corrected chi connectivity index (χ1v) is 52.3. The van der Waals surface area contributed by atoms with E-state index in [0.29, 0.717) is 161 Å². The summed E-state index contributed by atoms with van der Waals surface area (Å²) in [5.74, 6) is -4.37. The van der Waals surface area contributed by atoms with Crippen LogP contribution in [-0.2, 0) is 136 Å². The average molecular weight is 1940 g/mol. The molecule has 30 heteroatoms. The highest BCUT2D eigenvalue weighted by Gasteiger charge is 2.56. The highest BCUT2D eigenvalue weighted by Crippen LogP contribution is 2.47. The van der Waals surface area contributed by atoms with Crippen LogP contribution in [0, 0.1) is 16.2 Å². The van der Waals surface area contributed by atoms with Crippen LogP contribution in [0.15, 0.2) is 18.2 Å². The number of hydrogen-bond donors (Lipinski definition) is 0. The van der Waals surface area contributed by atoms with Crippen molar-refractivity contribution < 1.29 is 117 Å².